The molecule has 0 atom stereocenters. The van der Waals surface area contributed by atoms with Crippen LogP contribution in [0.4, 0.5) is 5.82 Å². The van der Waals surface area contributed by atoms with Gasteiger partial charge in [0.15, 0.2) is 0 Å². The molecule has 0 saturated heterocycles. The lowest BCUT2D eigenvalue weighted by Crippen LogP contribution is -2.27. The molecule has 1 aliphatic carbocycles. The Hall–Kier alpha value is -1.82. The van der Waals surface area contributed by atoms with E-state index in [0.29, 0.717) is 5.56 Å². The lowest BCUT2D eigenvalue weighted by Gasteiger charge is -2.25. The number of fused-ring (bicyclic) bond motifs is 1. The zero-order valence-electron chi connectivity index (χ0n) is 11.7. The van der Waals surface area contributed by atoms with Crippen molar-refractivity contribution in [1.82, 2.24) is 4.98 Å². The minimum absolute atomic E-state index is 0.705. The van der Waals surface area contributed by atoms with Crippen LogP contribution in [0.15, 0.2) is 18.7 Å². The van der Waals surface area contributed by atoms with Crippen molar-refractivity contribution in [1.29, 1.82) is 5.26 Å². The molecule has 3 nitrogen and oxygen atoms in total. The van der Waals surface area contributed by atoms with Gasteiger partial charge in [-0.1, -0.05) is 13.0 Å². The summed E-state index contributed by atoms with van der Waals surface area (Å²) in [4.78, 5) is 6.93. The third-order valence-electron chi connectivity index (χ3n) is 3.54. The van der Waals surface area contributed by atoms with Crippen molar-refractivity contribution in [3.05, 3.63) is 35.5 Å². The predicted molar refractivity (Wildman–Crippen MR) is 78.3 cm³/mol. The van der Waals surface area contributed by atoms with Gasteiger partial charge in [0, 0.05) is 18.8 Å². The highest BCUT2D eigenvalue weighted by atomic mass is 15.2. The maximum Gasteiger partial charge on any atom is 0.147 e. The number of aryl methyl sites for hydroxylation is 2. The summed E-state index contributed by atoms with van der Waals surface area (Å²) >= 11 is 0. The molecule has 0 amide bonds. The van der Waals surface area contributed by atoms with Gasteiger partial charge in [-0.25, -0.2) is 4.98 Å². The number of pyridine rings is 1. The first-order chi connectivity index (χ1) is 9.30. The van der Waals surface area contributed by atoms with Crippen LogP contribution < -0.4 is 4.90 Å². The van der Waals surface area contributed by atoms with Crippen LogP contribution in [0.2, 0.25) is 0 Å². The molecule has 100 valence electrons. The normalized spacial score (nSPS) is 13.5. The van der Waals surface area contributed by atoms with E-state index in [4.69, 9.17) is 4.98 Å². The lowest BCUT2D eigenvalue weighted by molar-refractivity contribution is 0.664. The van der Waals surface area contributed by atoms with Crippen molar-refractivity contribution in [3.8, 4) is 6.07 Å². The molecule has 2 rings (SSSR count). The van der Waals surface area contributed by atoms with Crippen LogP contribution in [0.5, 0.6) is 0 Å². The fourth-order valence-corrected chi connectivity index (χ4v) is 2.66. The quantitative estimate of drug-likeness (QED) is 0.758. The zero-order chi connectivity index (χ0) is 13.7. The summed E-state index contributed by atoms with van der Waals surface area (Å²) in [5.41, 5.74) is 3.16. The maximum atomic E-state index is 9.36. The number of nitriles is 1. The average Bonchev–Trinajstić information content (AvgIpc) is 2.45. The fraction of sp³-hybridized carbons (Fsp3) is 0.500. The first-order valence-electron chi connectivity index (χ1n) is 7.08. The molecule has 0 unspecified atom stereocenters. The van der Waals surface area contributed by atoms with E-state index < -0.39 is 0 Å². The molecule has 0 radical (unpaired) electrons. The molecular formula is C16H21N3. The van der Waals surface area contributed by atoms with Gasteiger partial charge in [-0.15, -0.1) is 6.58 Å². The van der Waals surface area contributed by atoms with Crippen LogP contribution in [0.1, 0.15) is 43.0 Å². The van der Waals surface area contributed by atoms with Crippen molar-refractivity contribution in [2.45, 2.75) is 39.0 Å². The molecule has 1 aliphatic rings. The molecule has 1 aromatic heterocycles. The topological polar surface area (TPSA) is 39.9 Å². The van der Waals surface area contributed by atoms with Crippen LogP contribution in [-0.4, -0.2) is 18.1 Å². The predicted octanol–water partition coefficient (Wildman–Crippen LogP) is 3.23. The first-order valence-corrected chi connectivity index (χ1v) is 7.08. The van der Waals surface area contributed by atoms with Crippen LogP contribution >= 0.6 is 0 Å². The van der Waals surface area contributed by atoms with Gasteiger partial charge in [0.05, 0.1) is 5.56 Å². The number of rotatable bonds is 5. The van der Waals surface area contributed by atoms with Gasteiger partial charge in [0.2, 0.25) is 0 Å². The van der Waals surface area contributed by atoms with E-state index in [2.05, 4.69) is 24.5 Å². The third kappa shape index (κ3) is 2.96. The van der Waals surface area contributed by atoms with Gasteiger partial charge in [0.1, 0.15) is 11.9 Å². The highest BCUT2D eigenvalue weighted by Crippen LogP contribution is 2.26. The minimum atomic E-state index is 0.705. The van der Waals surface area contributed by atoms with Gasteiger partial charge in [-0.3, -0.25) is 0 Å². The molecule has 19 heavy (non-hydrogen) atoms. The van der Waals surface area contributed by atoms with Gasteiger partial charge >= 0.3 is 0 Å². The van der Waals surface area contributed by atoms with Gasteiger partial charge in [-0.2, -0.15) is 5.26 Å². The Labute approximate surface area is 115 Å². The Balaban J connectivity index is 2.42. The van der Waals surface area contributed by atoms with Crippen LogP contribution in [0.3, 0.4) is 0 Å². The molecule has 0 aromatic carbocycles. The lowest BCUT2D eigenvalue weighted by atomic mass is 9.95. The minimum Gasteiger partial charge on any atom is -0.352 e. The second-order valence-electron chi connectivity index (χ2n) is 5.02. The molecular weight excluding hydrogens is 234 g/mol. The van der Waals surface area contributed by atoms with Crippen molar-refractivity contribution in [3.63, 3.8) is 0 Å². The summed E-state index contributed by atoms with van der Waals surface area (Å²) < 4.78 is 0. The summed E-state index contributed by atoms with van der Waals surface area (Å²) in [6.45, 7) is 7.59. The van der Waals surface area contributed by atoms with Crippen LogP contribution in [0, 0.1) is 11.3 Å². The largest absolute Gasteiger partial charge is 0.352 e. The molecule has 0 bridgehead atoms. The van der Waals surface area contributed by atoms with Crippen molar-refractivity contribution in [2.75, 3.05) is 18.0 Å². The Morgan fingerprint density at radius 3 is 2.95 bits per heavy atom. The number of aromatic nitrogens is 1. The molecule has 0 fully saturated rings. The van der Waals surface area contributed by atoms with E-state index in [1.807, 2.05) is 12.1 Å². The van der Waals surface area contributed by atoms with Crippen molar-refractivity contribution < 1.29 is 0 Å². The Kier molecular flexibility index (Phi) is 4.57. The van der Waals surface area contributed by atoms with Gasteiger partial charge in [0.25, 0.3) is 0 Å². The SMILES string of the molecule is C=CCN(CCC)c1nc2c(cc1C#N)CCCC2. The number of hydrogen-bond acceptors (Lipinski definition) is 3. The average molecular weight is 255 g/mol. The Morgan fingerprint density at radius 2 is 2.26 bits per heavy atom. The molecule has 1 aromatic rings. The molecule has 0 aliphatic heterocycles. The molecule has 0 N–H and O–H groups in total. The highest BCUT2D eigenvalue weighted by molar-refractivity contribution is 5.56. The van der Waals surface area contributed by atoms with E-state index >= 15 is 0 Å². The number of anilines is 1. The molecule has 0 saturated carbocycles. The summed E-state index contributed by atoms with van der Waals surface area (Å²) in [6.07, 6.45) is 7.44. The maximum absolute atomic E-state index is 9.36. The van der Waals surface area contributed by atoms with E-state index in [1.54, 1.807) is 0 Å². The van der Waals surface area contributed by atoms with E-state index in [-0.39, 0.29) is 0 Å². The Bertz CT molecular complexity index is 499. The van der Waals surface area contributed by atoms with Crippen molar-refractivity contribution >= 4 is 5.82 Å². The van der Waals surface area contributed by atoms with Gasteiger partial charge < -0.3 is 4.90 Å². The summed E-state index contributed by atoms with van der Waals surface area (Å²) in [5.74, 6) is 0.838. The smallest absolute Gasteiger partial charge is 0.147 e. The second-order valence-corrected chi connectivity index (χ2v) is 5.02. The third-order valence-corrected chi connectivity index (χ3v) is 3.54. The Morgan fingerprint density at radius 1 is 1.47 bits per heavy atom. The van der Waals surface area contributed by atoms with Crippen LogP contribution in [-0.2, 0) is 12.8 Å². The van der Waals surface area contributed by atoms with Crippen molar-refractivity contribution in [2.24, 2.45) is 0 Å². The summed E-state index contributed by atoms with van der Waals surface area (Å²) in [5, 5.41) is 9.36. The van der Waals surface area contributed by atoms with E-state index in [1.165, 1.54) is 24.1 Å². The van der Waals surface area contributed by atoms with Crippen LogP contribution in [0.25, 0.3) is 0 Å². The first kappa shape index (κ1) is 13.6. The standard InChI is InChI=1S/C16H21N3/c1-3-9-19(10-4-2)16-14(12-17)11-13-7-5-6-8-15(13)18-16/h3,11H,1,4-10H2,2H3. The fourth-order valence-electron chi connectivity index (χ4n) is 2.66. The monoisotopic (exact) mass is 255 g/mol. The molecule has 1 heterocycles. The summed E-state index contributed by atoms with van der Waals surface area (Å²) in [6, 6.07) is 4.35. The molecule has 0 spiro atoms. The highest BCUT2D eigenvalue weighted by Gasteiger charge is 2.18. The van der Waals surface area contributed by atoms with E-state index in [0.717, 1.165) is 38.2 Å². The molecule has 3 heteroatoms. The van der Waals surface area contributed by atoms with Gasteiger partial charge in [-0.05, 0) is 43.7 Å². The summed E-state index contributed by atoms with van der Waals surface area (Å²) in [7, 11) is 0. The number of hydrogen-bond donors (Lipinski definition) is 0. The van der Waals surface area contributed by atoms with E-state index in [9.17, 15) is 5.26 Å². The number of nitrogens with zero attached hydrogens (tertiary/aromatic N) is 3. The second kappa shape index (κ2) is 6.38. The zero-order valence-corrected chi connectivity index (χ0v) is 11.7.